The van der Waals surface area contributed by atoms with Crippen molar-refractivity contribution < 1.29 is 13.9 Å². The van der Waals surface area contributed by atoms with E-state index in [0.717, 1.165) is 38.0 Å². The number of anilines is 1. The Morgan fingerprint density at radius 3 is 2.40 bits per heavy atom. The van der Waals surface area contributed by atoms with Crippen molar-refractivity contribution in [3.05, 3.63) is 74.7 Å². The predicted molar refractivity (Wildman–Crippen MR) is 136 cm³/mol. The van der Waals surface area contributed by atoms with Crippen molar-refractivity contribution in [2.45, 2.75) is 46.2 Å². The fourth-order valence-corrected chi connectivity index (χ4v) is 5.25. The molecule has 0 atom stereocenters. The minimum atomic E-state index is -0.628. The Bertz CT molecular complexity index is 1320. The summed E-state index contributed by atoms with van der Waals surface area (Å²) in [4.78, 5) is 31.6. The molecule has 3 aromatic rings. The maximum absolute atomic E-state index is 14.7. The van der Waals surface area contributed by atoms with E-state index >= 15 is 0 Å². The molecule has 2 fully saturated rings. The largest absolute Gasteiger partial charge is 0.462 e. The molecule has 0 unspecified atom stereocenters. The molecule has 1 aliphatic carbocycles. The molecular weight excluding hydrogens is 445 g/mol. The van der Waals surface area contributed by atoms with E-state index in [4.69, 9.17) is 4.74 Å². The molecule has 2 aliphatic rings. The second kappa shape index (κ2) is 9.46. The van der Waals surface area contributed by atoms with Crippen LogP contribution in [0, 0.1) is 19.7 Å². The van der Waals surface area contributed by atoms with E-state index in [-0.39, 0.29) is 23.8 Å². The molecule has 35 heavy (non-hydrogen) atoms. The summed E-state index contributed by atoms with van der Waals surface area (Å²) in [5, 5.41) is 0.295. The van der Waals surface area contributed by atoms with Crippen molar-refractivity contribution in [2.75, 3.05) is 37.7 Å². The Morgan fingerprint density at radius 2 is 1.77 bits per heavy atom. The summed E-state index contributed by atoms with van der Waals surface area (Å²) in [5.74, 6) is -0.416. The smallest absolute Gasteiger partial charge is 0.345 e. The normalized spacial score (nSPS) is 16.6. The highest BCUT2D eigenvalue weighted by Crippen LogP contribution is 2.43. The number of piperazine rings is 1. The lowest BCUT2D eigenvalue weighted by molar-refractivity contribution is 0.0524. The van der Waals surface area contributed by atoms with Gasteiger partial charge < -0.3 is 14.2 Å². The molecule has 184 valence electrons. The van der Waals surface area contributed by atoms with Gasteiger partial charge in [0.25, 0.3) is 0 Å². The number of carbonyl (C=O) groups excluding carboxylic acids is 1. The maximum Gasteiger partial charge on any atom is 0.345 e. The number of rotatable bonds is 6. The van der Waals surface area contributed by atoms with E-state index in [1.54, 1.807) is 13.8 Å². The topological polar surface area (TPSA) is 54.8 Å². The first kappa shape index (κ1) is 23.5. The van der Waals surface area contributed by atoms with Gasteiger partial charge in [-0.05, 0) is 56.4 Å². The summed E-state index contributed by atoms with van der Waals surface area (Å²) < 4.78 is 22.2. The van der Waals surface area contributed by atoms with Crippen LogP contribution in [-0.4, -0.2) is 48.2 Å². The molecule has 0 spiro atoms. The van der Waals surface area contributed by atoms with Gasteiger partial charge in [0.1, 0.15) is 17.2 Å². The van der Waals surface area contributed by atoms with Crippen LogP contribution in [0.3, 0.4) is 0 Å². The van der Waals surface area contributed by atoms with Gasteiger partial charge in [0, 0.05) is 38.8 Å². The molecule has 7 heteroatoms. The summed E-state index contributed by atoms with van der Waals surface area (Å²) in [7, 11) is 0. The Balaban J connectivity index is 1.62. The minimum Gasteiger partial charge on any atom is -0.462 e. The van der Waals surface area contributed by atoms with Gasteiger partial charge in [-0.25, -0.2) is 9.18 Å². The van der Waals surface area contributed by atoms with Gasteiger partial charge in [-0.3, -0.25) is 9.69 Å². The first-order valence-electron chi connectivity index (χ1n) is 12.5. The highest BCUT2D eigenvalue weighted by molar-refractivity contribution is 6.01. The van der Waals surface area contributed by atoms with E-state index in [1.807, 2.05) is 25.1 Å². The quantitative estimate of drug-likeness (QED) is 0.486. The summed E-state index contributed by atoms with van der Waals surface area (Å²) >= 11 is 0. The average molecular weight is 478 g/mol. The van der Waals surface area contributed by atoms with Gasteiger partial charge in [-0.1, -0.05) is 30.3 Å². The highest BCUT2D eigenvalue weighted by atomic mass is 19.1. The standard InChI is InChI=1S/C28H32FN3O3/c1-4-35-28(34)24-26(33)23-19(3)22(29)16-18(2)25(23)32(21-10-11-21)27(24)31-14-12-30(13-15-31)17-20-8-6-5-7-9-20/h5-9,16,21H,4,10-15,17H2,1-3H3. The molecule has 0 amide bonds. The number of halogens is 1. The third kappa shape index (κ3) is 4.33. The predicted octanol–water partition coefficient (Wildman–Crippen LogP) is 4.59. The third-order valence-corrected chi connectivity index (χ3v) is 7.15. The zero-order chi connectivity index (χ0) is 24.7. The molecule has 1 saturated heterocycles. The van der Waals surface area contributed by atoms with E-state index in [1.165, 1.54) is 11.6 Å². The number of ether oxygens (including phenoxy) is 1. The SMILES string of the molecule is CCOC(=O)c1c(N2CCN(Cc3ccccc3)CC2)n(C2CC2)c2c(C)cc(F)c(C)c2c1=O. The highest BCUT2D eigenvalue weighted by Gasteiger charge is 2.36. The van der Waals surface area contributed by atoms with E-state index < -0.39 is 17.2 Å². The number of aromatic nitrogens is 1. The van der Waals surface area contributed by atoms with Gasteiger partial charge in [0.05, 0.1) is 17.5 Å². The van der Waals surface area contributed by atoms with Crippen LogP contribution in [0.4, 0.5) is 10.2 Å². The summed E-state index contributed by atoms with van der Waals surface area (Å²) in [6.07, 6.45) is 1.94. The molecule has 2 aromatic carbocycles. The number of fused-ring (bicyclic) bond motifs is 1. The van der Waals surface area contributed by atoms with Crippen molar-refractivity contribution in [1.82, 2.24) is 9.47 Å². The lowest BCUT2D eigenvalue weighted by Crippen LogP contribution is -2.48. The number of hydrogen-bond acceptors (Lipinski definition) is 5. The molecular formula is C28H32FN3O3. The van der Waals surface area contributed by atoms with Crippen molar-refractivity contribution in [3.8, 4) is 0 Å². The molecule has 1 aromatic heterocycles. The Hall–Kier alpha value is -3.19. The number of pyridine rings is 1. The number of esters is 1. The first-order valence-corrected chi connectivity index (χ1v) is 12.5. The molecule has 6 nitrogen and oxygen atoms in total. The van der Waals surface area contributed by atoms with Gasteiger partial charge in [-0.15, -0.1) is 0 Å². The van der Waals surface area contributed by atoms with Crippen molar-refractivity contribution in [2.24, 2.45) is 0 Å². The van der Waals surface area contributed by atoms with Crippen LogP contribution in [-0.2, 0) is 11.3 Å². The molecule has 1 aliphatic heterocycles. The third-order valence-electron chi connectivity index (χ3n) is 7.15. The van der Waals surface area contributed by atoms with Crippen LogP contribution in [0.1, 0.15) is 52.9 Å². The molecule has 0 bridgehead atoms. The van der Waals surface area contributed by atoms with Crippen molar-refractivity contribution in [1.29, 1.82) is 0 Å². The molecule has 0 radical (unpaired) electrons. The average Bonchev–Trinajstić information content (AvgIpc) is 3.68. The van der Waals surface area contributed by atoms with E-state index in [9.17, 15) is 14.0 Å². The van der Waals surface area contributed by atoms with Crippen LogP contribution >= 0.6 is 0 Å². The van der Waals surface area contributed by atoms with Gasteiger partial charge >= 0.3 is 5.97 Å². The molecule has 0 N–H and O–H groups in total. The Labute approximate surface area is 204 Å². The number of nitrogens with zero attached hydrogens (tertiary/aromatic N) is 3. The van der Waals surface area contributed by atoms with Crippen LogP contribution in [0.5, 0.6) is 0 Å². The second-order valence-electron chi connectivity index (χ2n) is 9.62. The fraction of sp³-hybridized carbons (Fsp3) is 0.429. The Morgan fingerprint density at radius 1 is 1.09 bits per heavy atom. The lowest BCUT2D eigenvalue weighted by atomic mass is 10.0. The first-order chi connectivity index (χ1) is 16.9. The van der Waals surface area contributed by atoms with Gasteiger partial charge in [0.2, 0.25) is 5.43 Å². The Kier molecular flexibility index (Phi) is 6.36. The van der Waals surface area contributed by atoms with Gasteiger partial charge in [0.15, 0.2) is 0 Å². The van der Waals surface area contributed by atoms with Crippen LogP contribution in [0.25, 0.3) is 10.9 Å². The summed E-state index contributed by atoms with van der Waals surface area (Å²) in [5.41, 5.74) is 2.61. The van der Waals surface area contributed by atoms with Crippen LogP contribution in [0.15, 0.2) is 41.2 Å². The lowest BCUT2D eigenvalue weighted by Gasteiger charge is -2.38. The number of hydrogen-bond donors (Lipinski definition) is 0. The minimum absolute atomic E-state index is 0.0378. The van der Waals surface area contributed by atoms with Crippen LogP contribution < -0.4 is 10.3 Å². The number of aryl methyl sites for hydroxylation is 2. The summed E-state index contributed by atoms with van der Waals surface area (Å²) in [6.45, 7) is 9.24. The maximum atomic E-state index is 14.7. The zero-order valence-electron chi connectivity index (χ0n) is 20.6. The monoisotopic (exact) mass is 477 g/mol. The number of benzene rings is 2. The fourth-order valence-electron chi connectivity index (χ4n) is 5.25. The number of carbonyl (C=O) groups is 1. The zero-order valence-corrected chi connectivity index (χ0v) is 20.6. The van der Waals surface area contributed by atoms with Crippen molar-refractivity contribution >= 4 is 22.7 Å². The summed E-state index contributed by atoms with van der Waals surface area (Å²) in [6, 6.07) is 12.1. The second-order valence-corrected chi connectivity index (χ2v) is 9.62. The molecule has 1 saturated carbocycles. The van der Waals surface area contributed by atoms with Gasteiger partial charge in [-0.2, -0.15) is 0 Å². The molecule has 5 rings (SSSR count). The van der Waals surface area contributed by atoms with Crippen molar-refractivity contribution in [3.63, 3.8) is 0 Å². The van der Waals surface area contributed by atoms with E-state index in [2.05, 4.69) is 26.5 Å². The molecule has 2 heterocycles. The van der Waals surface area contributed by atoms with Crippen LogP contribution in [0.2, 0.25) is 0 Å². The van der Waals surface area contributed by atoms with E-state index in [0.29, 0.717) is 29.9 Å².